The molecule has 6 aliphatic rings. The minimum atomic E-state index is -1.04. The van der Waals surface area contributed by atoms with Crippen molar-refractivity contribution in [2.45, 2.75) is 71.8 Å². The Hall–Kier alpha value is -13.0. The molecule has 0 saturated heterocycles. The molecule has 0 radical (unpaired) electrons. The molecule has 2 bridgehead atoms. The Bertz CT molecular complexity index is 5370. The maximum Gasteiger partial charge on any atom is 0.165 e. The fourth-order valence-electron chi connectivity index (χ4n) is 17.7. The Kier molecular flexibility index (Phi) is 13.7. The van der Waals surface area contributed by atoms with Gasteiger partial charge in [0.25, 0.3) is 0 Å². The van der Waals surface area contributed by atoms with Crippen LogP contribution in [-0.4, -0.2) is 71.5 Å². The summed E-state index contributed by atoms with van der Waals surface area (Å²) in [5, 5.41) is 161. The number of phenolic OH excluding ortho intramolecular Hbond substituents is 14. The molecule has 18 heteroatoms. The minimum absolute atomic E-state index is 0.00114. The molecule has 0 unspecified atom stereocenters. The third-order valence-electron chi connectivity index (χ3n) is 21.5. The van der Waals surface area contributed by atoms with Crippen molar-refractivity contribution in [3.63, 3.8) is 0 Å². The highest BCUT2D eigenvalue weighted by molar-refractivity contribution is 5.77. The van der Waals surface area contributed by atoms with Gasteiger partial charge < -0.3 is 90.4 Å². The first kappa shape index (κ1) is 61.4. The molecule has 12 atom stereocenters. The molecule has 0 spiro atoms. The summed E-state index contributed by atoms with van der Waals surface area (Å²) in [6.07, 6.45) is -3.57. The van der Waals surface area contributed by atoms with Crippen LogP contribution in [0.5, 0.6) is 103 Å². The zero-order chi connectivity index (χ0) is 70.0. The van der Waals surface area contributed by atoms with Crippen molar-refractivity contribution in [3.05, 3.63) is 319 Å². The van der Waals surface area contributed by atoms with Crippen LogP contribution in [0.25, 0.3) is 0 Å². The zero-order valence-electron chi connectivity index (χ0n) is 53.6. The van der Waals surface area contributed by atoms with Crippen molar-refractivity contribution in [2.75, 3.05) is 0 Å². The van der Waals surface area contributed by atoms with E-state index in [2.05, 4.69) is 0 Å². The lowest BCUT2D eigenvalue weighted by atomic mass is 9.60. The second-order valence-corrected chi connectivity index (χ2v) is 27.4. The minimum Gasteiger partial charge on any atom is -0.508 e. The van der Waals surface area contributed by atoms with Gasteiger partial charge in [-0.1, -0.05) is 72.8 Å². The van der Waals surface area contributed by atoms with E-state index in [1.54, 1.807) is 115 Å². The summed E-state index contributed by atoms with van der Waals surface area (Å²) in [6.45, 7) is 0. The Morgan fingerprint density at radius 2 is 0.529 bits per heavy atom. The van der Waals surface area contributed by atoms with Crippen LogP contribution in [0.15, 0.2) is 218 Å². The molecule has 18 nitrogen and oxygen atoms in total. The molecule has 14 N–H and O–H groups in total. The summed E-state index contributed by atoms with van der Waals surface area (Å²) < 4.78 is 28.1. The van der Waals surface area contributed by atoms with Crippen molar-refractivity contribution in [1.82, 2.24) is 0 Å². The van der Waals surface area contributed by atoms with Gasteiger partial charge in [-0.05, 0) is 182 Å². The third-order valence-corrected chi connectivity index (χ3v) is 21.5. The van der Waals surface area contributed by atoms with Crippen LogP contribution in [0.2, 0.25) is 0 Å². The quantitative estimate of drug-likeness (QED) is 0.0605. The van der Waals surface area contributed by atoms with E-state index in [0.717, 1.165) is 5.56 Å². The van der Waals surface area contributed by atoms with Gasteiger partial charge in [0.05, 0.1) is 23.7 Å². The van der Waals surface area contributed by atoms with Gasteiger partial charge in [0.15, 0.2) is 11.5 Å². The SMILES string of the molecule is Oc1ccc([C@H]2c3c(O)cc4c(c3[C@H]3c5c(O)cc6c(c5[C@@H]2[C@@H]3c2ccc(O)cc2)[C@H](c2cc(O)cc(O)c2)[C@@H](c2ccc3c(c2)[C@@H](c2cc(O)c5c(c2)[C@@H](c2cc(O)cc(O)c2)[C@H](c2ccc(O)cc2)O5)[C@H](c2ccc(O)cc2)O3)O6)[C@H](c2cc(O)cc(O)c2)[C@@H](c2ccc(O)cc2)O4)cc1. The van der Waals surface area contributed by atoms with Gasteiger partial charge in [0.1, 0.15) is 116 Å². The lowest BCUT2D eigenvalue weighted by molar-refractivity contribution is 0.214. The first-order chi connectivity index (χ1) is 49.3. The number of hydrogen-bond acceptors (Lipinski definition) is 18. The number of fused-ring (bicyclic) bond motifs is 13. The summed E-state index contributed by atoms with van der Waals surface area (Å²) in [5.74, 6) is -7.31. The molecule has 0 fully saturated rings. The van der Waals surface area contributed by atoms with Crippen LogP contribution in [0.4, 0.5) is 0 Å². The molecular weight excluding hydrogens is 1300 g/mol. The molecule has 4 heterocycles. The van der Waals surface area contributed by atoms with E-state index in [9.17, 15) is 71.5 Å². The monoisotopic (exact) mass is 1360 g/mol. The predicted molar refractivity (Wildman–Crippen MR) is 371 cm³/mol. The highest BCUT2D eigenvalue weighted by Crippen LogP contribution is 2.74. The van der Waals surface area contributed by atoms with Crippen molar-refractivity contribution < 1.29 is 90.4 Å². The number of ether oxygens (including phenoxy) is 4. The predicted octanol–water partition coefficient (Wildman–Crippen LogP) is 15.8. The van der Waals surface area contributed by atoms with Crippen LogP contribution < -0.4 is 18.9 Å². The van der Waals surface area contributed by atoms with E-state index < -0.39 is 71.8 Å². The Labute approximate surface area is 581 Å². The third kappa shape index (κ3) is 9.68. The molecule has 4 aliphatic heterocycles. The van der Waals surface area contributed by atoms with E-state index in [1.807, 2.05) is 36.4 Å². The van der Waals surface area contributed by atoms with Crippen LogP contribution in [0.1, 0.15) is 172 Å². The molecule has 18 rings (SSSR count). The topological polar surface area (TPSA) is 320 Å². The van der Waals surface area contributed by atoms with Gasteiger partial charge in [0.2, 0.25) is 0 Å². The molecule has 12 aromatic rings. The largest absolute Gasteiger partial charge is 0.508 e. The molecule has 12 aromatic carbocycles. The van der Waals surface area contributed by atoms with Gasteiger partial charge in [-0.3, -0.25) is 0 Å². The van der Waals surface area contributed by atoms with Gasteiger partial charge in [-0.25, -0.2) is 0 Å². The molecule has 0 aromatic heterocycles. The summed E-state index contributed by atoms with van der Waals surface area (Å²) in [6, 6.07) is 58.2. The molecule has 0 amide bonds. The van der Waals surface area contributed by atoms with Crippen LogP contribution >= 0.6 is 0 Å². The number of benzene rings is 12. The number of hydrogen-bond donors (Lipinski definition) is 14. The van der Waals surface area contributed by atoms with Gasteiger partial charge in [-0.2, -0.15) is 0 Å². The van der Waals surface area contributed by atoms with Gasteiger partial charge >= 0.3 is 0 Å². The Balaban J connectivity index is 0.855. The standard InChI is InChI=1S/C84H62O18/c85-47-12-1-37(2-13-47)68-72-60(96)35-64-74(70(44-25-54(92)33-55(93)26-44)82(100-64)41-9-20-51(89)21-10-41)78(72)77-69(38-3-14-48(86)15-4-38)76(68)79-73(77)61(97)36-65-75(79)71(45-27-56(94)34-57(95)28-45)83(101-65)42-11-22-63-58(29-42)66(80(99-63)39-5-16-49(87)17-6-39)46-30-59-67(43-23-52(90)32-53(91)24-43)81(102-84(59)62(98)31-46)40-7-18-50(88)19-8-40/h1-36,66-71,76-77,80-83,85-98H/t66-,67-,68+,69+,70+,71+,76+,77-,80+,81+,82-,83-/m1/s1. The molecule has 102 heavy (non-hydrogen) atoms. The molecular formula is C84H62O18. The van der Waals surface area contributed by atoms with Crippen molar-refractivity contribution >= 4 is 0 Å². The maximum atomic E-state index is 13.4. The summed E-state index contributed by atoms with van der Waals surface area (Å²) in [4.78, 5) is 0. The Morgan fingerprint density at radius 1 is 0.186 bits per heavy atom. The van der Waals surface area contributed by atoms with Crippen LogP contribution in [0, 0.1) is 0 Å². The normalized spacial score (nSPS) is 22.8. The average Bonchev–Trinajstić information content (AvgIpc) is 1.50. The average molecular weight is 1360 g/mol. The second-order valence-electron chi connectivity index (χ2n) is 27.4. The summed E-state index contributed by atoms with van der Waals surface area (Å²) >= 11 is 0. The zero-order valence-corrected chi connectivity index (χ0v) is 53.6. The maximum absolute atomic E-state index is 13.4. The second kappa shape index (κ2) is 22.8. The fraction of sp³-hybridized carbons (Fsp3) is 0.143. The van der Waals surface area contributed by atoms with Crippen molar-refractivity contribution in [1.29, 1.82) is 0 Å². The number of rotatable bonds is 10. The van der Waals surface area contributed by atoms with E-state index in [1.165, 1.54) is 66.7 Å². The van der Waals surface area contributed by atoms with Crippen LogP contribution in [-0.2, 0) is 0 Å². The number of phenols is 14. The number of aromatic hydroxyl groups is 14. The van der Waals surface area contributed by atoms with Crippen molar-refractivity contribution in [3.8, 4) is 103 Å². The lowest BCUT2D eigenvalue weighted by Crippen LogP contribution is -2.28. The molecule has 2 aliphatic carbocycles. The fourth-order valence-corrected chi connectivity index (χ4v) is 17.7. The first-order valence-corrected chi connectivity index (χ1v) is 33.3. The smallest absolute Gasteiger partial charge is 0.165 e. The first-order valence-electron chi connectivity index (χ1n) is 33.3. The Morgan fingerprint density at radius 3 is 1.00 bits per heavy atom. The molecule has 506 valence electrons. The van der Waals surface area contributed by atoms with E-state index >= 15 is 0 Å². The van der Waals surface area contributed by atoms with Gasteiger partial charge in [-0.15, -0.1) is 0 Å². The summed E-state index contributed by atoms with van der Waals surface area (Å²) in [7, 11) is 0. The molecule has 0 saturated carbocycles. The van der Waals surface area contributed by atoms with E-state index in [-0.39, 0.29) is 97.7 Å². The highest BCUT2D eigenvalue weighted by atomic mass is 16.5. The van der Waals surface area contributed by atoms with Gasteiger partial charge in [0, 0.05) is 87.4 Å². The van der Waals surface area contributed by atoms with E-state index in [0.29, 0.717) is 100 Å². The highest BCUT2D eigenvalue weighted by Gasteiger charge is 2.60. The van der Waals surface area contributed by atoms with Crippen molar-refractivity contribution in [2.24, 2.45) is 0 Å². The summed E-state index contributed by atoms with van der Waals surface area (Å²) in [5.41, 5.74) is 10.1. The van der Waals surface area contributed by atoms with Crippen LogP contribution in [0.3, 0.4) is 0 Å². The van der Waals surface area contributed by atoms with E-state index in [4.69, 9.17) is 18.9 Å². The lowest BCUT2D eigenvalue weighted by Gasteiger charge is -2.41.